The van der Waals surface area contributed by atoms with E-state index in [4.69, 9.17) is 10.3 Å². The summed E-state index contributed by atoms with van der Waals surface area (Å²) in [6, 6.07) is 0. The quantitative estimate of drug-likeness (QED) is 0.688. The lowest BCUT2D eigenvalue weighted by Gasteiger charge is -2.02. The number of aromatic nitrogens is 2. The number of anilines is 1. The number of nitrogen functional groups attached to an aromatic ring is 1. The molecule has 80 valence electrons. The smallest absolute Gasteiger partial charge is 0.396 e. The molecule has 0 aliphatic carbocycles. The molecule has 0 amide bonds. The van der Waals surface area contributed by atoms with Crippen molar-refractivity contribution in [2.75, 3.05) is 5.73 Å². The van der Waals surface area contributed by atoms with Crippen LogP contribution in [0.3, 0.4) is 0 Å². The van der Waals surface area contributed by atoms with Gasteiger partial charge in [0.05, 0.1) is 17.1 Å². The van der Waals surface area contributed by atoms with E-state index in [9.17, 15) is 8.42 Å². The second-order valence-corrected chi connectivity index (χ2v) is 3.85. The van der Waals surface area contributed by atoms with Crippen LogP contribution in [0.25, 0.3) is 0 Å². The summed E-state index contributed by atoms with van der Waals surface area (Å²) in [5.41, 5.74) is 7.24. The third-order valence-electron chi connectivity index (χ3n) is 1.76. The highest BCUT2D eigenvalue weighted by atomic mass is 32.3. The van der Waals surface area contributed by atoms with Crippen molar-refractivity contribution in [3.63, 3.8) is 0 Å². The van der Waals surface area contributed by atoms with E-state index in [0.29, 0.717) is 17.1 Å². The van der Waals surface area contributed by atoms with Crippen LogP contribution in [0, 0.1) is 13.8 Å². The summed E-state index contributed by atoms with van der Waals surface area (Å²) in [5, 5.41) is 3.90. The molecular weight excluding hydrogens is 210 g/mol. The number of nitrogens with zero attached hydrogens (tertiary/aromatic N) is 2. The molecule has 1 heterocycles. The molecule has 0 saturated carbocycles. The van der Waals surface area contributed by atoms with Gasteiger partial charge in [0.1, 0.15) is 0 Å². The summed E-state index contributed by atoms with van der Waals surface area (Å²) in [7, 11) is -4.44. The monoisotopic (exact) mass is 221 g/mol. The summed E-state index contributed by atoms with van der Waals surface area (Å²) >= 11 is 0. The number of nitrogens with two attached hydrogens (primary N) is 1. The molecule has 0 aliphatic rings. The fraction of sp³-hybridized carbons (Fsp3) is 0.500. The molecule has 1 rings (SSSR count). The fourth-order valence-corrected chi connectivity index (χ4v) is 1.19. The Morgan fingerprint density at radius 1 is 1.57 bits per heavy atom. The van der Waals surface area contributed by atoms with Crippen LogP contribution in [0.2, 0.25) is 0 Å². The maximum absolute atomic E-state index is 10.3. The molecule has 1 aromatic rings. The first-order chi connectivity index (χ1) is 6.31. The van der Waals surface area contributed by atoms with E-state index < -0.39 is 10.4 Å². The lowest BCUT2D eigenvalue weighted by molar-refractivity contribution is 0.195. The van der Waals surface area contributed by atoms with Gasteiger partial charge in [0, 0.05) is 0 Å². The maximum Gasteiger partial charge on any atom is 0.399 e. The largest absolute Gasteiger partial charge is 0.399 e. The number of rotatable bonds is 3. The Morgan fingerprint density at radius 2 is 2.14 bits per heavy atom. The van der Waals surface area contributed by atoms with E-state index in [1.54, 1.807) is 13.8 Å². The van der Waals surface area contributed by atoms with E-state index in [-0.39, 0.29) is 6.73 Å². The van der Waals surface area contributed by atoms with Crippen molar-refractivity contribution in [1.29, 1.82) is 0 Å². The van der Waals surface area contributed by atoms with Gasteiger partial charge in [-0.05, 0) is 13.8 Å². The van der Waals surface area contributed by atoms with Gasteiger partial charge in [-0.1, -0.05) is 0 Å². The minimum absolute atomic E-state index is 0.386. The molecule has 0 atom stereocenters. The van der Waals surface area contributed by atoms with Gasteiger partial charge in [-0.2, -0.15) is 13.5 Å². The molecule has 14 heavy (non-hydrogen) atoms. The van der Waals surface area contributed by atoms with E-state index in [0.717, 1.165) is 0 Å². The van der Waals surface area contributed by atoms with E-state index in [2.05, 4.69) is 9.28 Å². The third-order valence-corrected chi connectivity index (χ3v) is 2.16. The highest BCUT2D eigenvalue weighted by molar-refractivity contribution is 7.80. The van der Waals surface area contributed by atoms with Crippen molar-refractivity contribution < 1.29 is 17.2 Å². The molecule has 7 nitrogen and oxygen atoms in total. The predicted molar refractivity (Wildman–Crippen MR) is 48.7 cm³/mol. The first-order valence-corrected chi connectivity index (χ1v) is 5.09. The van der Waals surface area contributed by atoms with Crippen molar-refractivity contribution >= 4 is 16.1 Å². The minimum atomic E-state index is -4.44. The molecule has 0 spiro atoms. The molecule has 0 saturated heterocycles. The first kappa shape index (κ1) is 11.0. The zero-order valence-corrected chi connectivity index (χ0v) is 8.58. The Hall–Kier alpha value is -1.12. The molecular formula is C6H11N3O4S. The van der Waals surface area contributed by atoms with Gasteiger partial charge < -0.3 is 5.73 Å². The van der Waals surface area contributed by atoms with Crippen LogP contribution in [0.15, 0.2) is 0 Å². The summed E-state index contributed by atoms with van der Waals surface area (Å²) in [4.78, 5) is 0. The molecule has 0 unspecified atom stereocenters. The number of hydrogen-bond donors (Lipinski definition) is 2. The summed E-state index contributed by atoms with van der Waals surface area (Å²) < 4.78 is 34.2. The van der Waals surface area contributed by atoms with Crippen molar-refractivity contribution in [2.45, 2.75) is 20.6 Å². The van der Waals surface area contributed by atoms with Gasteiger partial charge in [-0.15, -0.1) is 0 Å². The molecule has 0 aliphatic heterocycles. The van der Waals surface area contributed by atoms with Crippen LogP contribution in [-0.4, -0.2) is 22.8 Å². The van der Waals surface area contributed by atoms with Gasteiger partial charge in [-0.25, -0.2) is 8.86 Å². The maximum atomic E-state index is 10.3. The van der Waals surface area contributed by atoms with Gasteiger partial charge in [0.15, 0.2) is 6.73 Å². The zero-order valence-electron chi connectivity index (χ0n) is 7.76. The van der Waals surface area contributed by atoms with Crippen molar-refractivity contribution in [3.8, 4) is 0 Å². The van der Waals surface area contributed by atoms with Crippen LogP contribution < -0.4 is 5.73 Å². The Bertz CT molecular complexity index is 436. The van der Waals surface area contributed by atoms with Crippen molar-refractivity contribution in [3.05, 3.63) is 11.4 Å². The van der Waals surface area contributed by atoms with Crippen LogP contribution in [0.4, 0.5) is 5.69 Å². The topological polar surface area (TPSA) is 107 Å². The lowest BCUT2D eigenvalue weighted by Crippen LogP contribution is -2.11. The second kappa shape index (κ2) is 3.56. The SMILES string of the molecule is Cc1nn(COS(=O)(=O)O)c(C)c1N. The second-order valence-electron chi connectivity index (χ2n) is 2.76. The summed E-state index contributed by atoms with van der Waals surface area (Å²) in [6.07, 6.45) is 0. The molecule has 8 heteroatoms. The van der Waals surface area contributed by atoms with Gasteiger partial charge in [0.25, 0.3) is 0 Å². The Kier molecular flexibility index (Phi) is 2.79. The highest BCUT2D eigenvalue weighted by Crippen LogP contribution is 2.14. The van der Waals surface area contributed by atoms with Crippen LogP contribution >= 0.6 is 0 Å². The highest BCUT2D eigenvalue weighted by Gasteiger charge is 2.10. The standard InChI is InChI=1S/C6H11N3O4S/c1-4-6(7)5(2)9(8-4)3-13-14(10,11)12/h3,7H2,1-2H3,(H,10,11,12). The van der Waals surface area contributed by atoms with E-state index in [1.807, 2.05) is 0 Å². The van der Waals surface area contributed by atoms with E-state index >= 15 is 0 Å². The normalized spacial score (nSPS) is 11.9. The van der Waals surface area contributed by atoms with Crippen molar-refractivity contribution in [2.24, 2.45) is 0 Å². The number of hydrogen-bond acceptors (Lipinski definition) is 5. The number of aryl methyl sites for hydroxylation is 1. The molecule has 0 fully saturated rings. The summed E-state index contributed by atoms with van der Waals surface area (Å²) in [5.74, 6) is 0. The average Bonchev–Trinajstić information content (AvgIpc) is 2.28. The summed E-state index contributed by atoms with van der Waals surface area (Å²) in [6.45, 7) is 2.97. The molecule has 0 bridgehead atoms. The van der Waals surface area contributed by atoms with Crippen LogP contribution in [0.1, 0.15) is 11.4 Å². The Morgan fingerprint density at radius 3 is 2.50 bits per heavy atom. The van der Waals surface area contributed by atoms with Gasteiger partial charge in [-0.3, -0.25) is 4.55 Å². The third kappa shape index (κ3) is 2.44. The van der Waals surface area contributed by atoms with Gasteiger partial charge >= 0.3 is 10.4 Å². The zero-order chi connectivity index (χ0) is 10.9. The van der Waals surface area contributed by atoms with Gasteiger partial charge in [0.2, 0.25) is 0 Å². The first-order valence-electron chi connectivity index (χ1n) is 3.72. The molecule has 1 aromatic heterocycles. The molecule has 0 aromatic carbocycles. The molecule has 0 radical (unpaired) electrons. The van der Waals surface area contributed by atoms with Crippen LogP contribution in [-0.2, 0) is 21.3 Å². The Labute approximate surface area is 81.4 Å². The molecule has 3 N–H and O–H groups in total. The predicted octanol–water partition coefficient (Wildman–Crippen LogP) is -0.141. The lowest BCUT2D eigenvalue weighted by atomic mass is 10.3. The van der Waals surface area contributed by atoms with E-state index in [1.165, 1.54) is 4.68 Å². The average molecular weight is 221 g/mol. The minimum Gasteiger partial charge on any atom is -0.396 e. The van der Waals surface area contributed by atoms with Crippen LogP contribution in [0.5, 0.6) is 0 Å². The fourth-order valence-electron chi connectivity index (χ4n) is 0.953. The Balaban J connectivity index is 2.83. The van der Waals surface area contributed by atoms with Crippen molar-refractivity contribution in [1.82, 2.24) is 9.78 Å².